The van der Waals surface area contributed by atoms with Crippen LogP contribution in [-0.2, 0) is 6.61 Å². The molecule has 6 nitrogen and oxygen atoms in total. The number of thiazole rings is 1. The largest absolute Gasteiger partial charge is 0.460 e. The predicted octanol–water partition coefficient (Wildman–Crippen LogP) is 2.24. The van der Waals surface area contributed by atoms with Crippen LogP contribution in [0.5, 0.6) is 5.19 Å². The highest BCUT2D eigenvalue weighted by Crippen LogP contribution is 2.31. The number of aryl methyl sites for hydroxylation is 1. The second kappa shape index (κ2) is 7.81. The van der Waals surface area contributed by atoms with Crippen LogP contribution in [0.3, 0.4) is 0 Å². The maximum atomic E-state index is 9.15. The first kappa shape index (κ1) is 16.3. The van der Waals surface area contributed by atoms with E-state index in [-0.39, 0.29) is 12.7 Å². The van der Waals surface area contributed by atoms with Crippen molar-refractivity contribution >= 4 is 11.3 Å². The van der Waals surface area contributed by atoms with Crippen molar-refractivity contribution in [3.05, 3.63) is 34.6 Å². The van der Waals surface area contributed by atoms with E-state index in [1.165, 1.54) is 11.3 Å². The van der Waals surface area contributed by atoms with Gasteiger partial charge in [-0.05, 0) is 57.3 Å². The first-order valence-corrected chi connectivity index (χ1v) is 8.85. The van der Waals surface area contributed by atoms with Crippen LogP contribution in [0.4, 0.5) is 0 Å². The number of rotatable bonds is 6. The van der Waals surface area contributed by atoms with E-state index in [0.29, 0.717) is 16.8 Å². The zero-order valence-corrected chi connectivity index (χ0v) is 14.1. The molecule has 0 aliphatic carbocycles. The molecule has 124 valence electrons. The zero-order chi connectivity index (χ0) is 16.1. The lowest BCUT2D eigenvalue weighted by atomic mass is 9.91. The maximum Gasteiger partial charge on any atom is 0.274 e. The summed E-state index contributed by atoms with van der Waals surface area (Å²) >= 11 is 1.41. The highest BCUT2D eigenvalue weighted by molar-refractivity contribution is 7.11. The highest BCUT2D eigenvalue weighted by atomic mass is 32.1. The number of nitrogens with zero attached hydrogens (tertiary/aromatic N) is 3. The summed E-state index contributed by atoms with van der Waals surface area (Å²) < 4.78 is 6.10. The van der Waals surface area contributed by atoms with E-state index < -0.39 is 0 Å². The van der Waals surface area contributed by atoms with Crippen LogP contribution in [0.1, 0.15) is 42.4 Å². The van der Waals surface area contributed by atoms with Crippen LogP contribution in [0.2, 0.25) is 0 Å². The molecule has 1 saturated heterocycles. The topological polar surface area (TPSA) is 80.2 Å². The lowest BCUT2D eigenvalue weighted by Gasteiger charge is -2.26. The Labute approximate surface area is 139 Å². The molecule has 1 unspecified atom stereocenters. The third-order valence-corrected chi connectivity index (χ3v) is 4.87. The minimum atomic E-state index is -0.149. The minimum Gasteiger partial charge on any atom is -0.460 e. The second-order valence-corrected chi connectivity index (χ2v) is 6.72. The predicted molar refractivity (Wildman–Crippen MR) is 88.4 cm³/mol. The molecule has 0 saturated carbocycles. The fourth-order valence-corrected chi connectivity index (χ4v) is 3.47. The molecule has 1 aliphatic rings. The van der Waals surface area contributed by atoms with E-state index in [1.807, 2.05) is 24.4 Å². The number of aromatic nitrogens is 3. The molecule has 7 heteroatoms. The summed E-state index contributed by atoms with van der Waals surface area (Å²) in [6.45, 7) is 3.97. The molecule has 0 bridgehead atoms. The quantitative estimate of drug-likeness (QED) is 0.843. The molecule has 2 N–H and O–H groups in total. The van der Waals surface area contributed by atoms with Gasteiger partial charge in [0, 0.05) is 5.38 Å². The number of hydrogen-bond acceptors (Lipinski definition) is 7. The Balaban J connectivity index is 1.75. The van der Waals surface area contributed by atoms with Gasteiger partial charge in [0.2, 0.25) is 0 Å². The van der Waals surface area contributed by atoms with Gasteiger partial charge in [-0.2, -0.15) is 10.2 Å². The van der Waals surface area contributed by atoms with Crippen LogP contribution < -0.4 is 10.1 Å². The summed E-state index contributed by atoms with van der Waals surface area (Å²) in [6, 6.07) is 3.94. The van der Waals surface area contributed by atoms with Crippen molar-refractivity contribution in [3.63, 3.8) is 0 Å². The SMILES string of the molecule is Cc1ccc(C(CC2CCNCC2)Oc2nc(CO)cs2)nn1. The van der Waals surface area contributed by atoms with Gasteiger partial charge in [-0.3, -0.25) is 0 Å². The first-order valence-electron chi connectivity index (χ1n) is 7.97. The molecule has 1 fully saturated rings. The molecule has 2 aromatic heterocycles. The number of aliphatic hydroxyl groups is 1. The lowest BCUT2D eigenvalue weighted by Crippen LogP contribution is -2.29. The molecule has 0 amide bonds. The Morgan fingerprint density at radius 2 is 2.17 bits per heavy atom. The molecule has 23 heavy (non-hydrogen) atoms. The van der Waals surface area contributed by atoms with Crippen molar-refractivity contribution in [2.45, 2.75) is 38.9 Å². The molecule has 1 aliphatic heterocycles. The van der Waals surface area contributed by atoms with Crippen molar-refractivity contribution in [1.29, 1.82) is 0 Å². The van der Waals surface area contributed by atoms with Gasteiger partial charge >= 0.3 is 0 Å². The van der Waals surface area contributed by atoms with Crippen molar-refractivity contribution in [1.82, 2.24) is 20.5 Å². The molecule has 0 aromatic carbocycles. The zero-order valence-electron chi connectivity index (χ0n) is 13.2. The van der Waals surface area contributed by atoms with Crippen LogP contribution in [0.15, 0.2) is 17.5 Å². The molecular weight excluding hydrogens is 312 g/mol. The van der Waals surface area contributed by atoms with E-state index in [4.69, 9.17) is 9.84 Å². The summed E-state index contributed by atoms with van der Waals surface area (Å²) in [5.74, 6) is 0.613. The summed E-state index contributed by atoms with van der Waals surface area (Å²) in [4.78, 5) is 4.29. The average Bonchev–Trinajstić information content (AvgIpc) is 3.04. The van der Waals surface area contributed by atoms with E-state index >= 15 is 0 Å². The van der Waals surface area contributed by atoms with E-state index in [2.05, 4.69) is 20.5 Å². The summed E-state index contributed by atoms with van der Waals surface area (Å²) in [7, 11) is 0. The Morgan fingerprint density at radius 1 is 1.35 bits per heavy atom. The van der Waals surface area contributed by atoms with E-state index in [9.17, 15) is 0 Å². The van der Waals surface area contributed by atoms with Gasteiger partial charge in [-0.1, -0.05) is 11.3 Å². The van der Waals surface area contributed by atoms with Gasteiger partial charge in [0.05, 0.1) is 18.0 Å². The Kier molecular flexibility index (Phi) is 5.53. The fraction of sp³-hybridized carbons (Fsp3) is 0.562. The Bertz CT molecular complexity index is 611. The highest BCUT2D eigenvalue weighted by Gasteiger charge is 2.24. The normalized spacial score (nSPS) is 17.1. The number of hydrogen-bond donors (Lipinski definition) is 2. The molecule has 3 rings (SSSR count). The standard InChI is InChI=1S/C16H22N4O2S/c1-11-2-3-14(20-19-11)15(8-12-4-6-17-7-5-12)22-16-18-13(9-21)10-23-16/h2-3,10,12,15,17,21H,4-9H2,1H3. The van der Waals surface area contributed by atoms with Crippen molar-refractivity contribution in [2.75, 3.05) is 13.1 Å². The average molecular weight is 334 g/mol. The van der Waals surface area contributed by atoms with Gasteiger partial charge in [0.15, 0.2) is 0 Å². The first-order chi connectivity index (χ1) is 11.2. The van der Waals surface area contributed by atoms with Crippen molar-refractivity contribution in [2.24, 2.45) is 5.92 Å². The molecular formula is C16H22N4O2S. The van der Waals surface area contributed by atoms with Crippen LogP contribution >= 0.6 is 11.3 Å². The third kappa shape index (κ3) is 4.46. The molecule has 1 atom stereocenters. The number of aliphatic hydroxyl groups excluding tert-OH is 1. The molecule has 2 aromatic rings. The van der Waals surface area contributed by atoms with E-state index in [0.717, 1.165) is 43.7 Å². The van der Waals surface area contributed by atoms with E-state index in [1.54, 1.807) is 0 Å². The second-order valence-electron chi connectivity index (χ2n) is 5.90. The molecule has 0 radical (unpaired) electrons. The lowest BCUT2D eigenvalue weighted by molar-refractivity contribution is 0.151. The van der Waals surface area contributed by atoms with Gasteiger partial charge in [0.25, 0.3) is 5.19 Å². The third-order valence-electron chi connectivity index (χ3n) is 4.09. The smallest absolute Gasteiger partial charge is 0.274 e. The van der Waals surface area contributed by atoms with Gasteiger partial charge in [0.1, 0.15) is 11.8 Å². The van der Waals surface area contributed by atoms with Crippen molar-refractivity contribution in [3.8, 4) is 5.19 Å². The summed E-state index contributed by atoms with van der Waals surface area (Å²) in [5.41, 5.74) is 2.38. The van der Waals surface area contributed by atoms with Gasteiger partial charge in [-0.25, -0.2) is 4.98 Å². The van der Waals surface area contributed by atoms with Crippen LogP contribution in [-0.4, -0.2) is 33.4 Å². The number of ether oxygens (including phenoxy) is 1. The molecule has 3 heterocycles. The number of nitrogens with one attached hydrogen (secondary N) is 1. The maximum absolute atomic E-state index is 9.15. The Hall–Kier alpha value is -1.57. The molecule has 0 spiro atoms. The van der Waals surface area contributed by atoms with Crippen LogP contribution in [0, 0.1) is 12.8 Å². The fourth-order valence-electron chi connectivity index (χ4n) is 2.77. The summed E-state index contributed by atoms with van der Waals surface area (Å²) in [5, 5.41) is 23.4. The van der Waals surface area contributed by atoms with Crippen molar-refractivity contribution < 1.29 is 9.84 Å². The van der Waals surface area contributed by atoms with Gasteiger partial charge < -0.3 is 15.2 Å². The van der Waals surface area contributed by atoms with Crippen LogP contribution in [0.25, 0.3) is 0 Å². The summed E-state index contributed by atoms with van der Waals surface area (Å²) in [6.07, 6.45) is 3.06. The number of piperidine rings is 1. The monoisotopic (exact) mass is 334 g/mol. The minimum absolute atomic E-state index is 0.0663. The van der Waals surface area contributed by atoms with Gasteiger partial charge in [-0.15, -0.1) is 0 Å². The Morgan fingerprint density at radius 3 is 2.83 bits per heavy atom.